The van der Waals surface area contributed by atoms with E-state index in [1.807, 2.05) is 30.3 Å². The first kappa shape index (κ1) is 17.0. The second-order valence-corrected chi connectivity index (χ2v) is 6.95. The first-order valence-electron chi connectivity index (χ1n) is 6.16. The molecule has 0 spiro atoms. The fraction of sp³-hybridized carbons (Fsp3) is 0.143. The van der Waals surface area contributed by atoms with Crippen LogP contribution in [0.15, 0.2) is 45.6 Å². The van der Waals surface area contributed by atoms with E-state index in [1.54, 1.807) is 0 Å². The third kappa shape index (κ3) is 4.55. The number of carboxylic acids is 1. The molecule has 0 aliphatic rings. The van der Waals surface area contributed by atoms with Crippen LogP contribution in [0.2, 0.25) is 0 Å². The molecule has 0 atom stereocenters. The zero-order valence-corrected chi connectivity index (χ0v) is 15.9. The number of hydrogen-bond donors (Lipinski definition) is 1. The molecule has 22 heavy (non-hydrogen) atoms. The van der Waals surface area contributed by atoms with Gasteiger partial charge in [0.2, 0.25) is 0 Å². The Bertz CT molecular complexity index is 700. The van der Waals surface area contributed by atoms with Crippen molar-refractivity contribution < 1.29 is 21.7 Å². The molecule has 0 amide bonds. The summed E-state index contributed by atoms with van der Waals surface area (Å²) in [5.41, 5.74) is 0.383. The summed E-state index contributed by atoms with van der Waals surface area (Å²) >= 11 is -1.97. The van der Waals surface area contributed by atoms with E-state index in [0.717, 1.165) is 11.6 Å². The van der Waals surface area contributed by atoms with Crippen LogP contribution in [0, 0.1) is 0 Å². The van der Waals surface area contributed by atoms with Gasteiger partial charge in [0, 0.05) is 0 Å². The van der Waals surface area contributed by atoms with E-state index < -0.39 is 40.6 Å². The Kier molecular flexibility index (Phi) is 6.40. The van der Waals surface area contributed by atoms with Gasteiger partial charge in [-0.25, -0.2) is 0 Å². The fourth-order valence-corrected chi connectivity index (χ4v) is 3.45. The van der Waals surface area contributed by atoms with E-state index >= 15 is 0 Å². The molecule has 8 heteroatoms. The number of ether oxygens (including phenoxy) is 1. The van der Waals surface area contributed by atoms with Crippen LogP contribution in [-0.2, 0) is 18.0 Å². The number of rotatable bonds is 7. The SMILES string of the molecule is O=C(O)c1oc(COCc2ccccc2)cc(=O)c1[O][Pb][Cl]. The maximum absolute atomic E-state index is 11.9. The topological polar surface area (TPSA) is 86.0 Å². The van der Waals surface area contributed by atoms with Crippen molar-refractivity contribution in [3.8, 4) is 5.75 Å². The van der Waals surface area contributed by atoms with Crippen molar-refractivity contribution >= 4 is 37.7 Å². The molecule has 2 rings (SSSR count). The van der Waals surface area contributed by atoms with Crippen molar-refractivity contribution in [1.29, 1.82) is 0 Å². The number of carbonyl (C=O) groups is 1. The standard InChI is InChI=1S/C14H12O6.ClH.Pb/c15-11-6-10(20-13(12(11)16)14(17)18)8-19-7-9-4-2-1-3-5-9;;/h1-6,16H,7-8H2,(H,17,18);1H;/q;;+2/p-2. The van der Waals surface area contributed by atoms with Crippen LogP contribution < -0.4 is 8.12 Å². The monoisotopic (exact) mass is 518 g/mol. The van der Waals surface area contributed by atoms with E-state index in [0.29, 0.717) is 6.61 Å². The Balaban J connectivity index is 2.11. The van der Waals surface area contributed by atoms with Gasteiger partial charge in [-0.05, 0) is 0 Å². The van der Waals surface area contributed by atoms with Crippen LogP contribution in [0.4, 0.5) is 0 Å². The van der Waals surface area contributed by atoms with Crippen molar-refractivity contribution in [3.05, 3.63) is 63.7 Å². The second-order valence-electron chi connectivity index (χ2n) is 4.20. The normalized spacial score (nSPS) is 10.4. The van der Waals surface area contributed by atoms with Gasteiger partial charge in [0.25, 0.3) is 0 Å². The van der Waals surface area contributed by atoms with Crippen LogP contribution >= 0.6 is 8.32 Å². The van der Waals surface area contributed by atoms with Crippen molar-refractivity contribution in [2.75, 3.05) is 0 Å². The molecule has 0 saturated carbocycles. The van der Waals surface area contributed by atoms with E-state index in [2.05, 4.69) is 0 Å². The Labute approximate surface area is 142 Å². The summed E-state index contributed by atoms with van der Waals surface area (Å²) < 4.78 is 15.6. The van der Waals surface area contributed by atoms with Crippen molar-refractivity contribution in [1.82, 2.24) is 0 Å². The van der Waals surface area contributed by atoms with Gasteiger partial charge in [-0.15, -0.1) is 0 Å². The molecule has 0 bridgehead atoms. The number of halogens is 1. The summed E-state index contributed by atoms with van der Waals surface area (Å²) in [4.78, 5) is 23.0. The molecule has 0 saturated heterocycles. The summed E-state index contributed by atoms with van der Waals surface area (Å²) in [7, 11) is 5.55. The van der Waals surface area contributed by atoms with Gasteiger partial charge < -0.3 is 0 Å². The zero-order chi connectivity index (χ0) is 15.9. The van der Waals surface area contributed by atoms with Gasteiger partial charge in [-0.1, -0.05) is 0 Å². The Morgan fingerprint density at radius 1 is 1.27 bits per heavy atom. The number of benzene rings is 1. The Morgan fingerprint density at radius 3 is 2.64 bits per heavy atom. The van der Waals surface area contributed by atoms with E-state index in [4.69, 9.17) is 25.3 Å². The molecule has 0 aliphatic heterocycles. The first-order chi connectivity index (χ1) is 10.6. The molecule has 2 radical (unpaired) electrons. The van der Waals surface area contributed by atoms with Gasteiger partial charge >= 0.3 is 142 Å². The molecule has 0 aliphatic carbocycles. The summed E-state index contributed by atoms with van der Waals surface area (Å²) in [6.07, 6.45) is 0. The molecule has 2 aromatic rings. The summed E-state index contributed by atoms with van der Waals surface area (Å²) in [5.74, 6) is -2.14. The third-order valence-corrected chi connectivity index (χ3v) is 4.42. The zero-order valence-electron chi connectivity index (χ0n) is 11.2. The molecule has 0 unspecified atom stereocenters. The molecule has 1 N–H and O–H groups in total. The molecule has 0 fully saturated rings. The predicted molar refractivity (Wildman–Crippen MR) is 79.1 cm³/mol. The van der Waals surface area contributed by atoms with Gasteiger partial charge in [-0.3, -0.25) is 0 Å². The predicted octanol–water partition coefficient (Wildman–Crippen LogP) is 2.21. The molecule has 1 aromatic carbocycles. The third-order valence-electron chi connectivity index (χ3n) is 2.65. The minimum atomic E-state index is -1.97. The minimum absolute atomic E-state index is 0.0203. The average Bonchev–Trinajstić information content (AvgIpc) is 2.50. The van der Waals surface area contributed by atoms with Crippen molar-refractivity contribution in [2.24, 2.45) is 0 Å². The van der Waals surface area contributed by atoms with Crippen molar-refractivity contribution in [2.45, 2.75) is 13.2 Å². The molecule has 1 aromatic heterocycles. The van der Waals surface area contributed by atoms with E-state index in [1.165, 1.54) is 0 Å². The molecular weight excluding hydrogens is 507 g/mol. The molecule has 114 valence electrons. The maximum atomic E-state index is 11.9. The first-order valence-corrected chi connectivity index (χ1v) is 12.5. The molecular formula is C14H11ClO6Pb. The average molecular weight is 518 g/mol. The van der Waals surface area contributed by atoms with E-state index in [-0.39, 0.29) is 18.1 Å². The molecule has 1 heterocycles. The quantitative estimate of drug-likeness (QED) is 0.567. The number of hydrogen-bond acceptors (Lipinski definition) is 5. The fourth-order valence-electron chi connectivity index (χ4n) is 1.72. The molecule has 6 nitrogen and oxygen atoms in total. The number of aromatic carboxylic acids is 1. The summed E-state index contributed by atoms with van der Waals surface area (Å²) in [6.45, 7) is 0.302. The number of carboxylic acid groups (broad SMARTS) is 1. The van der Waals surface area contributed by atoms with Gasteiger partial charge in [0.1, 0.15) is 0 Å². The van der Waals surface area contributed by atoms with Crippen LogP contribution in [0.25, 0.3) is 0 Å². The van der Waals surface area contributed by atoms with Crippen molar-refractivity contribution in [3.63, 3.8) is 0 Å². The van der Waals surface area contributed by atoms with Crippen LogP contribution in [0.5, 0.6) is 5.75 Å². The summed E-state index contributed by atoms with van der Waals surface area (Å²) in [6, 6.07) is 10.6. The Hall–Kier alpha value is -1.39. The van der Waals surface area contributed by atoms with Gasteiger partial charge in [0.15, 0.2) is 0 Å². The van der Waals surface area contributed by atoms with Crippen LogP contribution in [0.3, 0.4) is 0 Å². The van der Waals surface area contributed by atoms with Crippen LogP contribution in [0.1, 0.15) is 21.9 Å². The van der Waals surface area contributed by atoms with Gasteiger partial charge in [0.05, 0.1) is 0 Å². The second kappa shape index (κ2) is 8.30. The summed E-state index contributed by atoms with van der Waals surface area (Å²) in [5, 5.41) is 9.07. The van der Waals surface area contributed by atoms with E-state index in [9.17, 15) is 9.59 Å². The Morgan fingerprint density at radius 2 is 2.00 bits per heavy atom. The van der Waals surface area contributed by atoms with Gasteiger partial charge in [-0.2, -0.15) is 0 Å². The van der Waals surface area contributed by atoms with Crippen LogP contribution in [-0.4, -0.2) is 34.5 Å².